The van der Waals surface area contributed by atoms with Crippen LogP contribution in [0, 0.1) is 0 Å². The van der Waals surface area contributed by atoms with Crippen LogP contribution >= 0.6 is 0 Å². The second kappa shape index (κ2) is 8.99. The van der Waals surface area contributed by atoms with Gasteiger partial charge in [-0.3, -0.25) is 0 Å². The van der Waals surface area contributed by atoms with Gasteiger partial charge in [-0.25, -0.2) is 0 Å². The molecular weight excluding hydrogens is 470 g/mol. The molecule has 0 unspecified atom stereocenters. The van der Waals surface area contributed by atoms with Crippen LogP contribution < -0.4 is 5.32 Å². The van der Waals surface area contributed by atoms with Crippen LogP contribution in [-0.4, -0.2) is 0 Å². The van der Waals surface area contributed by atoms with Crippen LogP contribution in [0.1, 0.15) is 26.3 Å². The van der Waals surface area contributed by atoms with E-state index in [4.69, 9.17) is 0 Å². The summed E-state index contributed by atoms with van der Waals surface area (Å²) < 4.78 is 0. The number of benzene rings is 7. The van der Waals surface area contributed by atoms with E-state index in [2.05, 4.69) is 153 Å². The van der Waals surface area contributed by atoms with E-state index in [0.29, 0.717) is 0 Å². The molecule has 0 bridgehead atoms. The van der Waals surface area contributed by atoms with Gasteiger partial charge in [0.2, 0.25) is 0 Å². The third kappa shape index (κ3) is 4.02. The Balaban J connectivity index is 1.47. The van der Waals surface area contributed by atoms with Crippen LogP contribution in [0.25, 0.3) is 54.6 Å². The summed E-state index contributed by atoms with van der Waals surface area (Å²) >= 11 is 0. The van der Waals surface area contributed by atoms with E-state index in [1.807, 2.05) is 0 Å². The largest absolute Gasteiger partial charge is 0.355 e. The van der Waals surface area contributed by atoms with Gasteiger partial charge in [0.1, 0.15) is 0 Å². The summed E-state index contributed by atoms with van der Waals surface area (Å²) in [6.07, 6.45) is 0. The molecule has 0 saturated heterocycles. The summed E-state index contributed by atoms with van der Waals surface area (Å²) in [6, 6.07) is 46.5. The van der Waals surface area contributed by atoms with E-state index in [-0.39, 0.29) is 5.41 Å². The minimum absolute atomic E-state index is 0.118. The first kappa shape index (κ1) is 23.5. The molecule has 7 aromatic carbocycles. The van der Waals surface area contributed by atoms with Crippen LogP contribution in [0.2, 0.25) is 0 Å². The number of nitrogens with one attached hydrogen (secondary N) is 1. The monoisotopic (exact) mass is 501 g/mol. The molecule has 0 spiro atoms. The van der Waals surface area contributed by atoms with Gasteiger partial charge in [0.25, 0.3) is 0 Å². The molecule has 0 aliphatic rings. The van der Waals surface area contributed by atoms with Gasteiger partial charge >= 0.3 is 0 Å². The molecule has 39 heavy (non-hydrogen) atoms. The molecule has 7 aromatic rings. The fourth-order valence-corrected chi connectivity index (χ4v) is 5.94. The molecule has 0 fully saturated rings. The van der Waals surface area contributed by atoms with E-state index >= 15 is 0 Å². The van der Waals surface area contributed by atoms with Crippen molar-refractivity contribution in [2.24, 2.45) is 0 Å². The third-order valence-electron chi connectivity index (χ3n) is 7.99. The van der Waals surface area contributed by atoms with Crippen molar-refractivity contribution in [3.8, 4) is 22.3 Å². The van der Waals surface area contributed by atoms with Gasteiger partial charge in [-0.2, -0.15) is 0 Å². The summed E-state index contributed by atoms with van der Waals surface area (Å²) in [4.78, 5) is 0. The summed E-state index contributed by atoms with van der Waals surface area (Å²) in [5.74, 6) is 0. The summed E-state index contributed by atoms with van der Waals surface area (Å²) in [7, 11) is 0. The molecule has 0 saturated carbocycles. The van der Waals surface area contributed by atoms with E-state index < -0.39 is 0 Å². The van der Waals surface area contributed by atoms with Gasteiger partial charge in [0.15, 0.2) is 0 Å². The van der Waals surface area contributed by atoms with E-state index in [1.165, 1.54) is 60.1 Å². The minimum atomic E-state index is 0.118. The Morgan fingerprint density at radius 3 is 1.79 bits per heavy atom. The zero-order chi connectivity index (χ0) is 26.6. The third-order valence-corrected chi connectivity index (χ3v) is 7.99. The second-order valence-electron chi connectivity index (χ2n) is 11.5. The number of hydrogen-bond donors (Lipinski definition) is 1. The second-order valence-corrected chi connectivity index (χ2v) is 11.5. The SMILES string of the molecule is CC(C)(C)c1ccc(Nc2c(-c3ccccc3)cccc2-c2ccc3ccc4cccc5ccc2c3c45)cc1. The van der Waals surface area contributed by atoms with E-state index in [0.717, 1.165) is 11.4 Å². The Bertz CT molecular complexity index is 1920. The van der Waals surface area contributed by atoms with E-state index in [1.54, 1.807) is 0 Å². The number of rotatable bonds is 4. The first-order valence-corrected chi connectivity index (χ1v) is 13.7. The highest BCUT2D eigenvalue weighted by molar-refractivity contribution is 6.25. The topological polar surface area (TPSA) is 12.0 Å². The highest BCUT2D eigenvalue weighted by atomic mass is 14.9. The molecule has 0 aliphatic carbocycles. The molecule has 0 atom stereocenters. The smallest absolute Gasteiger partial charge is 0.0543 e. The lowest BCUT2D eigenvalue weighted by Crippen LogP contribution is -2.10. The summed E-state index contributed by atoms with van der Waals surface area (Å²) in [6.45, 7) is 6.77. The molecule has 0 aliphatic heterocycles. The van der Waals surface area contributed by atoms with Crippen molar-refractivity contribution >= 4 is 43.7 Å². The quantitative estimate of drug-likeness (QED) is 0.236. The summed E-state index contributed by atoms with van der Waals surface area (Å²) in [5, 5.41) is 11.7. The van der Waals surface area contributed by atoms with Crippen LogP contribution in [0.15, 0.2) is 127 Å². The first-order valence-electron chi connectivity index (χ1n) is 13.7. The maximum absolute atomic E-state index is 3.84. The van der Waals surface area contributed by atoms with Crippen LogP contribution in [-0.2, 0) is 5.41 Å². The van der Waals surface area contributed by atoms with Gasteiger partial charge in [0, 0.05) is 16.8 Å². The molecule has 1 N–H and O–H groups in total. The van der Waals surface area contributed by atoms with Crippen molar-refractivity contribution in [2.45, 2.75) is 26.2 Å². The normalized spacial score (nSPS) is 12.0. The highest BCUT2D eigenvalue weighted by Crippen LogP contribution is 2.44. The molecule has 188 valence electrons. The average molecular weight is 502 g/mol. The molecular formula is C38H31N. The van der Waals surface area contributed by atoms with Crippen molar-refractivity contribution < 1.29 is 0 Å². The van der Waals surface area contributed by atoms with Crippen LogP contribution in [0.5, 0.6) is 0 Å². The standard InChI is InChI=1S/C38H31N/c1-38(2,3)29-19-21-30(22-20-29)39-37-31(25-9-5-4-6-10-25)13-8-14-34(37)32-23-17-28-16-15-26-11-7-12-27-18-24-33(32)36(28)35(26)27/h4-24,39H,1-3H3. The molecule has 0 radical (unpaired) electrons. The zero-order valence-corrected chi connectivity index (χ0v) is 22.6. The average Bonchev–Trinajstić information content (AvgIpc) is 2.96. The molecule has 0 amide bonds. The molecule has 1 nitrogen and oxygen atoms in total. The van der Waals surface area contributed by atoms with Crippen molar-refractivity contribution in [1.82, 2.24) is 0 Å². The number of para-hydroxylation sites is 1. The molecule has 7 rings (SSSR count). The zero-order valence-electron chi connectivity index (χ0n) is 22.6. The van der Waals surface area contributed by atoms with Crippen molar-refractivity contribution in [3.63, 3.8) is 0 Å². The molecule has 0 heterocycles. The predicted molar refractivity (Wildman–Crippen MR) is 169 cm³/mol. The molecule has 1 heteroatoms. The van der Waals surface area contributed by atoms with E-state index in [9.17, 15) is 0 Å². The van der Waals surface area contributed by atoms with Gasteiger partial charge in [-0.05, 0) is 66.6 Å². The van der Waals surface area contributed by atoms with Gasteiger partial charge in [0.05, 0.1) is 5.69 Å². The predicted octanol–water partition coefficient (Wildman–Crippen LogP) is 11.0. The maximum Gasteiger partial charge on any atom is 0.0543 e. The lowest BCUT2D eigenvalue weighted by Gasteiger charge is -2.22. The number of anilines is 2. The Morgan fingerprint density at radius 1 is 0.462 bits per heavy atom. The van der Waals surface area contributed by atoms with Crippen molar-refractivity contribution in [3.05, 3.63) is 133 Å². The fraction of sp³-hybridized carbons (Fsp3) is 0.105. The number of hydrogen-bond acceptors (Lipinski definition) is 1. The van der Waals surface area contributed by atoms with Crippen molar-refractivity contribution in [1.29, 1.82) is 0 Å². The Labute approximate surface area is 230 Å². The van der Waals surface area contributed by atoms with Crippen molar-refractivity contribution in [2.75, 3.05) is 5.32 Å². The minimum Gasteiger partial charge on any atom is -0.355 e. The Hall–Kier alpha value is -4.62. The summed E-state index contributed by atoms with van der Waals surface area (Å²) in [5.41, 5.74) is 8.50. The lowest BCUT2D eigenvalue weighted by molar-refractivity contribution is 0.590. The van der Waals surface area contributed by atoms with Crippen LogP contribution in [0.4, 0.5) is 11.4 Å². The van der Waals surface area contributed by atoms with Gasteiger partial charge < -0.3 is 5.32 Å². The van der Waals surface area contributed by atoms with Gasteiger partial charge in [-0.1, -0.05) is 136 Å². The Kier molecular flexibility index (Phi) is 5.42. The highest BCUT2D eigenvalue weighted by Gasteiger charge is 2.18. The molecule has 0 aromatic heterocycles. The van der Waals surface area contributed by atoms with Crippen LogP contribution in [0.3, 0.4) is 0 Å². The van der Waals surface area contributed by atoms with Gasteiger partial charge in [-0.15, -0.1) is 0 Å². The first-order chi connectivity index (χ1) is 19.0. The fourth-order valence-electron chi connectivity index (χ4n) is 5.94. The maximum atomic E-state index is 3.84. The lowest BCUT2D eigenvalue weighted by atomic mass is 9.87. The Morgan fingerprint density at radius 2 is 1.08 bits per heavy atom.